The molecule has 4 heteroatoms. The first kappa shape index (κ1) is 15.8. The monoisotopic (exact) mass is 282 g/mol. The molecular formula is C16H30N2O2. The van der Waals surface area contributed by atoms with E-state index >= 15 is 0 Å². The van der Waals surface area contributed by atoms with Crippen LogP contribution in [-0.4, -0.2) is 37.7 Å². The van der Waals surface area contributed by atoms with Crippen molar-refractivity contribution < 1.29 is 9.53 Å². The van der Waals surface area contributed by atoms with Crippen molar-refractivity contribution in [2.45, 2.75) is 70.4 Å². The van der Waals surface area contributed by atoms with E-state index in [1.165, 1.54) is 38.5 Å². The number of carbonyl (C=O) groups excluding carboxylic acids is 1. The highest BCUT2D eigenvalue weighted by Gasteiger charge is 2.24. The number of nitrogens with one attached hydrogen (secondary N) is 2. The Bertz CT molecular complexity index is 288. The van der Waals surface area contributed by atoms with E-state index in [9.17, 15) is 4.79 Å². The van der Waals surface area contributed by atoms with Gasteiger partial charge in [-0.1, -0.05) is 25.7 Å². The van der Waals surface area contributed by atoms with E-state index in [1.807, 2.05) is 0 Å². The molecule has 2 fully saturated rings. The van der Waals surface area contributed by atoms with Crippen molar-refractivity contribution in [2.24, 2.45) is 5.92 Å². The molecule has 0 spiro atoms. The molecular weight excluding hydrogens is 252 g/mol. The highest BCUT2D eigenvalue weighted by Crippen LogP contribution is 2.19. The SMILES string of the molecule is C[C@H]1C[C@@H](C(=O)NCCOC2CCCCCC2)CCN1. The van der Waals surface area contributed by atoms with Gasteiger partial charge in [0.15, 0.2) is 0 Å². The highest BCUT2D eigenvalue weighted by atomic mass is 16.5. The summed E-state index contributed by atoms with van der Waals surface area (Å²) in [6.45, 7) is 4.43. The molecule has 2 atom stereocenters. The first-order valence-electron chi connectivity index (χ1n) is 8.38. The number of carbonyl (C=O) groups is 1. The van der Waals surface area contributed by atoms with Crippen LogP contribution in [0.3, 0.4) is 0 Å². The lowest BCUT2D eigenvalue weighted by molar-refractivity contribution is -0.126. The van der Waals surface area contributed by atoms with Crippen LogP contribution in [0.15, 0.2) is 0 Å². The zero-order chi connectivity index (χ0) is 14.2. The van der Waals surface area contributed by atoms with Gasteiger partial charge in [0.25, 0.3) is 0 Å². The molecule has 0 unspecified atom stereocenters. The van der Waals surface area contributed by atoms with Crippen LogP contribution < -0.4 is 10.6 Å². The first-order valence-corrected chi connectivity index (χ1v) is 8.38. The van der Waals surface area contributed by atoms with Crippen LogP contribution in [0.1, 0.15) is 58.3 Å². The topological polar surface area (TPSA) is 50.4 Å². The van der Waals surface area contributed by atoms with Gasteiger partial charge in [-0.25, -0.2) is 0 Å². The van der Waals surface area contributed by atoms with Crippen molar-refractivity contribution in [3.63, 3.8) is 0 Å². The number of amides is 1. The van der Waals surface area contributed by atoms with Gasteiger partial charge in [0.2, 0.25) is 5.91 Å². The lowest BCUT2D eigenvalue weighted by atomic mass is 9.92. The summed E-state index contributed by atoms with van der Waals surface area (Å²) in [5, 5.41) is 6.41. The van der Waals surface area contributed by atoms with Crippen LogP contribution in [0.2, 0.25) is 0 Å². The molecule has 1 aliphatic carbocycles. The van der Waals surface area contributed by atoms with Crippen LogP contribution in [0.5, 0.6) is 0 Å². The molecule has 0 aromatic rings. The van der Waals surface area contributed by atoms with Gasteiger partial charge in [-0.2, -0.15) is 0 Å². The van der Waals surface area contributed by atoms with Crippen LogP contribution in [0, 0.1) is 5.92 Å². The third-order valence-corrected chi connectivity index (χ3v) is 4.55. The van der Waals surface area contributed by atoms with Gasteiger partial charge in [0.1, 0.15) is 0 Å². The Morgan fingerprint density at radius 3 is 2.65 bits per heavy atom. The van der Waals surface area contributed by atoms with E-state index in [1.54, 1.807) is 0 Å². The van der Waals surface area contributed by atoms with Crippen molar-refractivity contribution in [1.29, 1.82) is 0 Å². The van der Waals surface area contributed by atoms with E-state index in [4.69, 9.17) is 4.74 Å². The van der Waals surface area contributed by atoms with Crippen molar-refractivity contribution in [3.05, 3.63) is 0 Å². The number of hydrogen-bond donors (Lipinski definition) is 2. The Morgan fingerprint density at radius 1 is 1.20 bits per heavy atom. The lowest BCUT2D eigenvalue weighted by Crippen LogP contribution is -2.43. The number of hydrogen-bond acceptors (Lipinski definition) is 3. The van der Waals surface area contributed by atoms with Crippen molar-refractivity contribution in [2.75, 3.05) is 19.7 Å². The molecule has 116 valence electrons. The molecule has 0 aromatic carbocycles. The Hall–Kier alpha value is -0.610. The summed E-state index contributed by atoms with van der Waals surface area (Å²) < 4.78 is 5.89. The van der Waals surface area contributed by atoms with Crippen molar-refractivity contribution in [1.82, 2.24) is 10.6 Å². The summed E-state index contributed by atoms with van der Waals surface area (Å²) >= 11 is 0. The fraction of sp³-hybridized carbons (Fsp3) is 0.938. The largest absolute Gasteiger partial charge is 0.376 e. The normalized spacial score (nSPS) is 28.9. The Morgan fingerprint density at radius 2 is 1.95 bits per heavy atom. The van der Waals surface area contributed by atoms with E-state index in [0.29, 0.717) is 25.3 Å². The molecule has 0 aromatic heterocycles. The van der Waals surface area contributed by atoms with Gasteiger partial charge in [-0.05, 0) is 39.2 Å². The molecule has 4 nitrogen and oxygen atoms in total. The smallest absolute Gasteiger partial charge is 0.223 e. The summed E-state index contributed by atoms with van der Waals surface area (Å²) in [7, 11) is 0. The Labute approximate surface area is 123 Å². The summed E-state index contributed by atoms with van der Waals surface area (Å²) in [5.41, 5.74) is 0. The lowest BCUT2D eigenvalue weighted by Gasteiger charge is -2.27. The van der Waals surface area contributed by atoms with Gasteiger partial charge in [0.05, 0.1) is 12.7 Å². The van der Waals surface area contributed by atoms with Gasteiger partial charge >= 0.3 is 0 Å². The summed E-state index contributed by atoms with van der Waals surface area (Å²) in [6.07, 6.45) is 10.0. The van der Waals surface area contributed by atoms with E-state index in [2.05, 4.69) is 17.6 Å². The van der Waals surface area contributed by atoms with E-state index < -0.39 is 0 Å². The molecule has 1 aliphatic heterocycles. The van der Waals surface area contributed by atoms with Gasteiger partial charge in [-0.15, -0.1) is 0 Å². The second-order valence-corrected chi connectivity index (χ2v) is 6.35. The second-order valence-electron chi connectivity index (χ2n) is 6.35. The minimum absolute atomic E-state index is 0.184. The van der Waals surface area contributed by atoms with E-state index in [0.717, 1.165) is 19.4 Å². The minimum atomic E-state index is 0.184. The summed E-state index contributed by atoms with van der Waals surface area (Å²) in [5.74, 6) is 0.395. The zero-order valence-electron chi connectivity index (χ0n) is 12.8. The average Bonchev–Trinajstić information content (AvgIpc) is 2.72. The molecule has 0 radical (unpaired) electrons. The Balaban J connectivity index is 1.56. The zero-order valence-corrected chi connectivity index (χ0v) is 12.8. The number of rotatable bonds is 5. The predicted molar refractivity (Wildman–Crippen MR) is 80.6 cm³/mol. The average molecular weight is 282 g/mol. The molecule has 0 bridgehead atoms. The Kier molecular flexibility index (Phi) is 6.80. The van der Waals surface area contributed by atoms with Crippen LogP contribution in [0.25, 0.3) is 0 Å². The highest BCUT2D eigenvalue weighted by molar-refractivity contribution is 5.78. The first-order chi connectivity index (χ1) is 9.75. The second kappa shape index (κ2) is 8.63. The quantitative estimate of drug-likeness (QED) is 0.600. The van der Waals surface area contributed by atoms with Crippen molar-refractivity contribution in [3.8, 4) is 0 Å². The molecule has 1 saturated carbocycles. The van der Waals surface area contributed by atoms with Crippen LogP contribution in [0.4, 0.5) is 0 Å². The maximum absolute atomic E-state index is 12.1. The van der Waals surface area contributed by atoms with E-state index in [-0.39, 0.29) is 11.8 Å². The van der Waals surface area contributed by atoms with Gasteiger partial charge < -0.3 is 15.4 Å². The molecule has 20 heavy (non-hydrogen) atoms. The molecule has 2 N–H and O–H groups in total. The maximum Gasteiger partial charge on any atom is 0.223 e. The molecule has 1 saturated heterocycles. The third-order valence-electron chi connectivity index (χ3n) is 4.55. The fourth-order valence-electron chi connectivity index (χ4n) is 3.32. The van der Waals surface area contributed by atoms with Crippen LogP contribution >= 0.6 is 0 Å². The van der Waals surface area contributed by atoms with Crippen LogP contribution in [-0.2, 0) is 9.53 Å². The molecule has 2 aliphatic rings. The minimum Gasteiger partial charge on any atom is -0.376 e. The maximum atomic E-state index is 12.1. The van der Waals surface area contributed by atoms with Gasteiger partial charge in [-0.3, -0.25) is 4.79 Å². The number of ether oxygens (including phenoxy) is 1. The summed E-state index contributed by atoms with van der Waals surface area (Å²) in [6, 6.07) is 0.460. The summed E-state index contributed by atoms with van der Waals surface area (Å²) in [4.78, 5) is 12.1. The van der Waals surface area contributed by atoms with Crippen molar-refractivity contribution >= 4 is 5.91 Å². The molecule has 2 rings (SSSR count). The predicted octanol–water partition coefficient (Wildman–Crippen LogP) is 2.23. The molecule has 1 amide bonds. The third kappa shape index (κ3) is 5.41. The number of piperidine rings is 1. The molecule has 1 heterocycles. The fourth-order valence-corrected chi connectivity index (χ4v) is 3.32. The van der Waals surface area contributed by atoms with Gasteiger partial charge in [0, 0.05) is 18.5 Å². The standard InChI is InChI=1S/C16H30N2O2/c1-13-12-14(8-9-17-13)16(19)18-10-11-20-15-6-4-2-3-5-7-15/h13-15,17H,2-12H2,1H3,(H,18,19)/t13-,14-/m0/s1.